The average Bonchev–Trinajstić information content (AvgIpc) is 2.44. The molecular formula is C17H27FN2. The molecule has 0 aliphatic carbocycles. The minimum Gasteiger partial charge on any atom is -0.313 e. The monoisotopic (exact) mass is 278 g/mol. The van der Waals surface area contributed by atoms with Gasteiger partial charge in [0.15, 0.2) is 0 Å². The molecule has 1 saturated heterocycles. The van der Waals surface area contributed by atoms with Gasteiger partial charge in [-0.05, 0) is 75.5 Å². The Morgan fingerprint density at radius 1 is 1.30 bits per heavy atom. The SMILES string of the molecule is Cc1cc(CNCCCN2CCC(C)CC2)ccc1F. The van der Waals surface area contributed by atoms with Crippen molar-refractivity contribution < 1.29 is 4.39 Å². The number of nitrogens with zero attached hydrogens (tertiary/aromatic N) is 1. The highest BCUT2D eigenvalue weighted by Crippen LogP contribution is 2.15. The fraction of sp³-hybridized carbons (Fsp3) is 0.647. The van der Waals surface area contributed by atoms with Crippen LogP contribution >= 0.6 is 0 Å². The van der Waals surface area contributed by atoms with E-state index in [9.17, 15) is 4.39 Å². The van der Waals surface area contributed by atoms with Gasteiger partial charge < -0.3 is 10.2 Å². The standard InChI is InChI=1S/C17H27FN2/c1-14-6-10-20(11-7-14)9-3-8-19-13-16-4-5-17(18)15(2)12-16/h4-5,12,14,19H,3,6-11,13H2,1-2H3. The molecule has 1 aromatic rings. The highest BCUT2D eigenvalue weighted by Gasteiger charge is 2.14. The van der Waals surface area contributed by atoms with Gasteiger partial charge in [0.05, 0.1) is 0 Å². The van der Waals surface area contributed by atoms with Gasteiger partial charge in [-0.3, -0.25) is 0 Å². The zero-order chi connectivity index (χ0) is 14.4. The van der Waals surface area contributed by atoms with E-state index in [1.807, 2.05) is 19.1 Å². The van der Waals surface area contributed by atoms with Gasteiger partial charge in [-0.15, -0.1) is 0 Å². The molecule has 20 heavy (non-hydrogen) atoms. The van der Waals surface area contributed by atoms with Gasteiger partial charge in [0.1, 0.15) is 5.82 Å². The average molecular weight is 278 g/mol. The summed E-state index contributed by atoms with van der Waals surface area (Å²) in [6, 6.07) is 5.34. The van der Waals surface area contributed by atoms with Crippen LogP contribution in [0.2, 0.25) is 0 Å². The Bertz CT molecular complexity index is 411. The van der Waals surface area contributed by atoms with Crippen LogP contribution < -0.4 is 5.32 Å². The number of halogens is 1. The summed E-state index contributed by atoms with van der Waals surface area (Å²) in [4.78, 5) is 2.57. The molecule has 3 heteroatoms. The molecule has 0 bridgehead atoms. The predicted octanol–water partition coefficient (Wildman–Crippen LogP) is 3.35. The van der Waals surface area contributed by atoms with Crippen LogP contribution in [0.4, 0.5) is 4.39 Å². The number of rotatable bonds is 6. The number of benzene rings is 1. The molecule has 0 saturated carbocycles. The third-order valence-corrected chi connectivity index (χ3v) is 4.26. The zero-order valence-electron chi connectivity index (χ0n) is 12.8. The van der Waals surface area contributed by atoms with E-state index >= 15 is 0 Å². The van der Waals surface area contributed by atoms with Crippen LogP contribution in [0.1, 0.15) is 37.3 Å². The summed E-state index contributed by atoms with van der Waals surface area (Å²) in [5.41, 5.74) is 1.89. The Hall–Kier alpha value is -0.930. The number of hydrogen-bond acceptors (Lipinski definition) is 2. The lowest BCUT2D eigenvalue weighted by atomic mass is 9.99. The Labute approximate surface area is 122 Å². The summed E-state index contributed by atoms with van der Waals surface area (Å²) < 4.78 is 13.1. The van der Waals surface area contributed by atoms with E-state index in [1.165, 1.54) is 38.9 Å². The van der Waals surface area contributed by atoms with Crippen LogP contribution in [-0.4, -0.2) is 31.1 Å². The maximum Gasteiger partial charge on any atom is 0.126 e. The summed E-state index contributed by atoms with van der Waals surface area (Å²) in [5, 5.41) is 3.45. The van der Waals surface area contributed by atoms with Gasteiger partial charge in [0.2, 0.25) is 0 Å². The molecule has 0 atom stereocenters. The minimum absolute atomic E-state index is 0.118. The second-order valence-corrected chi connectivity index (χ2v) is 6.14. The zero-order valence-corrected chi connectivity index (χ0v) is 12.8. The lowest BCUT2D eigenvalue weighted by Crippen LogP contribution is -2.34. The maximum atomic E-state index is 13.1. The van der Waals surface area contributed by atoms with Gasteiger partial charge in [-0.25, -0.2) is 4.39 Å². The molecule has 0 spiro atoms. The van der Waals surface area contributed by atoms with E-state index in [2.05, 4.69) is 17.1 Å². The largest absolute Gasteiger partial charge is 0.313 e. The van der Waals surface area contributed by atoms with Crippen LogP contribution in [0.3, 0.4) is 0 Å². The molecule has 1 aliphatic heterocycles. The normalized spacial score (nSPS) is 17.6. The Morgan fingerprint density at radius 2 is 2.05 bits per heavy atom. The van der Waals surface area contributed by atoms with Crippen molar-refractivity contribution in [2.24, 2.45) is 5.92 Å². The molecule has 0 radical (unpaired) electrons. The summed E-state index contributed by atoms with van der Waals surface area (Å²) in [6.45, 7) is 9.75. The quantitative estimate of drug-likeness (QED) is 0.803. The molecule has 1 heterocycles. The second kappa shape index (κ2) is 7.75. The molecule has 0 unspecified atom stereocenters. The van der Waals surface area contributed by atoms with Crippen molar-refractivity contribution in [3.05, 3.63) is 35.1 Å². The van der Waals surface area contributed by atoms with E-state index in [4.69, 9.17) is 0 Å². The highest BCUT2D eigenvalue weighted by atomic mass is 19.1. The lowest BCUT2D eigenvalue weighted by Gasteiger charge is -2.30. The first kappa shape index (κ1) is 15.5. The number of aryl methyl sites for hydroxylation is 1. The van der Waals surface area contributed by atoms with Crippen molar-refractivity contribution >= 4 is 0 Å². The first-order valence-electron chi connectivity index (χ1n) is 7.83. The summed E-state index contributed by atoms with van der Waals surface area (Å²) in [5.74, 6) is 0.791. The van der Waals surface area contributed by atoms with Crippen molar-refractivity contribution in [2.45, 2.75) is 39.7 Å². The number of piperidine rings is 1. The van der Waals surface area contributed by atoms with Crippen LogP contribution in [0.15, 0.2) is 18.2 Å². The van der Waals surface area contributed by atoms with Gasteiger partial charge >= 0.3 is 0 Å². The summed E-state index contributed by atoms with van der Waals surface area (Å²) in [7, 11) is 0. The molecule has 2 nitrogen and oxygen atoms in total. The van der Waals surface area contributed by atoms with Crippen molar-refractivity contribution in [3.63, 3.8) is 0 Å². The van der Waals surface area contributed by atoms with Gasteiger partial charge in [0, 0.05) is 6.54 Å². The molecule has 0 aromatic heterocycles. The third-order valence-electron chi connectivity index (χ3n) is 4.26. The molecule has 112 valence electrons. The second-order valence-electron chi connectivity index (χ2n) is 6.14. The minimum atomic E-state index is -0.118. The smallest absolute Gasteiger partial charge is 0.126 e. The molecule has 1 fully saturated rings. The topological polar surface area (TPSA) is 15.3 Å². The van der Waals surface area contributed by atoms with E-state index in [0.29, 0.717) is 0 Å². The maximum absolute atomic E-state index is 13.1. The lowest BCUT2D eigenvalue weighted by molar-refractivity contribution is 0.190. The van der Waals surface area contributed by atoms with Crippen molar-refractivity contribution in [2.75, 3.05) is 26.2 Å². The first-order chi connectivity index (χ1) is 9.65. The molecule has 0 amide bonds. The van der Waals surface area contributed by atoms with E-state index in [-0.39, 0.29) is 5.82 Å². The molecule has 1 N–H and O–H groups in total. The van der Waals surface area contributed by atoms with Crippen LogP contribution in [0.5, 0.6) is 0 Å². The van der Waals surface area contributed by atoms with Crippen molar-refractivity contribution in [1.29, 1.82) is 0 Å². The van der Waals surface area contributed by atoms with E-state index < -0.39 is 0 Å². The number of likely N-dealkylation sites (tertiary alicyclic amines) is 1. The molecular weight excluding hydrogens is 251 g/mol. The third kappa shape index (κ3) is 4.88. The summed E-state index contributed by atoms with van der Waals surface area (Å²) >= 11 is 0. The van der Waals surface area contributed by atoms with Crippen molar-refractivity contribution in [1.82, 2.24) is 10.2 Å². The van der Waals surface area contributed by atoms with Crippen LogP contribution in [-0.2, 0) is 6.54 Å². The van der Waals surface area contributed by atoms with Gasteiger partial charge in [-0.1, -0.05) is 19.1 Å². The Morgan fingerprint density at radius 3 is 2.75 bits per heavy atom. The van der Waals surface area contributed by atoms with Crippen LogP contribution in [0, 0.1) is 18.7 Å². The molecule has 1 aromatic carbocycles. The van der Waals surface area contributed by atoms with Gasteiger partial charge in [-0.2, -0.15) is 0 Å². The number of nitrogens with one attached hydrogen (secondary N) is 1. The van der Waals surface area contributed by atoms with Crippen LogP contribution in [0.25, 0.3) is 0 Å². The summed E-state index contributed by atoms with van der Waals surface area (Å²) in [6.07, 6.45) is 3.89. The first-order valence-corrected chi connectivity index (χ1v) is 7.83. The number of hydrogen-bond donors (Lipinski definition) is 1. The predicted molar refractivity (Wildman–Crippen MR) is 82.3 cm³/mol. The highest BCUT2D eigenvalue weighted by molar-refractivity contribution is 5.23. The van der Waals surface area contributed by atoms with E-state index in [0.717, 1.165) is 30.1 Å². The van der Waals surface area contributed by atoms with Gasteiger partial charge in [0.25, 0.3) is 0 Å². The molecule has 2 rings (SSSR count). The molecule has 1 aliphatic rings. The van der Waals surface area contributed by atoms with E-state index in [1.54, 1.807) is 6.07 Å². The Balaban J connectivity index is 1.58. The Kier molecular flexibility index (Phi) is 5.99. The van der Waals surface area contributed by atoms with Crippen molar-refractivity contribution in [3.8, 4) is 0 Å². The fourth-order valence-electron chi connectivity index (χ4n) is 2.76. The fourth-order valence-corrected chi connectivity index (χ4v) is 2.76.